The lowest BCUT2D eigenvalue weighted by atomic mass is 9.90. The number of amides is 1. The smallest absolute Gasteiger partial charge is 0.407 e. The van der Waals surface area contributed by atoms with Crippen LogP contribution >= 0.6 is 0 Å². The molecule has 5 heteroatoms. The summed E-state index contributed by atoms with van der Waals surface area (Å²) in [5.74, 6) is 0. The molecule has 0 heterocycles. The van der Waals surface area contributed by atoms with Crippen LogP contribution in [-0.4, -0.2) is 43.5 Å². The number of nitrogens with one attached hydrogen (secondary N) is 2. The van der Waals surface area contributed by atoms with Crippen molar-refractivity contribution in [1.29, 1.82) is 0 Å². The van der Waals surface area contributed by atoms with Gasteiger partial charge in [-0.2, -0.15) is 0 Å². The van der Waals surface area contributed by atoms with Gasteiger partial charge in [-0.25, -0.2) is 4.79 Å². The Morgan fingerprint density at radius 3 is 2.27 bits per heavy atom. The molecule has 1 amide bonds. The lowest BCUT2D eigenvalue weighted by Crippen LogP contribution is -2.47. The van der Waals surface area contributed by atoms with Crippen molar-refractivity contribution in [1.82, 2.24) is 10.6 Å². The molecule has 5 nitrogen and oxygen atoms in total. The van der Waals surface area contributed by atoms with Crippen LogP contribution in [0.1, 0.15) is 66.2 Å². The first-order valence-electron chi connectivity index (χ1n) is 8.58. The molecule has 0 radical (unpaired) electrons. The van der Waals surface area contributed by atoms with Crippen molar-refractivity contribution >= 4 is 6.09 Å². The zero-order valence-corrected chi connectivity index (χ0v) is 14.9. The number of rotatable bonds is 7. The van der Waals surface area contributed by atoms with Crippen LogP contribution in [0.4, 0.5) is 4.79 Å². The summed E-state index contributed by atoms with van der Waals surface area (Å²) in [4.78, 5) is 11.8. The monoisotopic (exact) mass is 314 g/mol. The van der Waals surface area contributed by atoms with E-state index in [0.29, 0.717) is 12.1 Å². The topological polar surface area (TPSA) is 59.6 Å². The average molecular weight is 314 g/mol. The molecule has 1 saturated carbocycles. The second kappa shape index (κ2) is 9.36. The summed E-state index contributed by atoms with van der Waals surface area (Å²) >= 11 is 0. The molecule has 22 heavy (non-hydrogen) atoms. The number of hydrogen-bond donors (Lipinski definition) is 2. The SMILES string of the molecule is CCCC(COC)NC1CCC(NC(=O)OC(C)(C)C)CC1. The highest BCUT2D eigenvalue weighted by Gasteiger charge is 2.25. The van der Waals surface area contributed by atoms with Gasteiger partial charge >= 0.3 is 6.09 Å². The molecular formula is C17H34N2O3. The van der Waals surface area contributed by atoms with Crippen molar-refractivity contribution in [3.8, 4) is 0 Å². The molecule has 1 rings (SSSR count). The van der Waals surface area contributed by atoms with Crippen LogP contribution in [-0.2, 0) is 9.47 Å². The predicted molar refractivity (Wildman–Crippen MR) is 89.1 cm³/mol. The molecule has 0 aromatic heterocycles. The molecule has 1 fully saturated rings. The lowest BCUT2D eigenvalue weighted by Gasteiger charge is -2.32. The van der Waals surface area contributed by atoms with Crippen LogP contribution in [0.5, 0.6) is 0 Å². The zero-order chi connectivity index (χ0) is 16.6. The van der Waals surface area contributed by atoms with Crippen LogP contribution in [0, 0.1) is 0 Å². The van der Waals surface area contributed by atoms with E-state index in [0.717, 1.165) is 45.1 Å². The Bertz CT molecular complexity index is 314. The minimum Gasteiger partial charge on any atom is -0.444 e. The van der Waals surface area contributed by atoms with Crippen LogP contribution in [0.2, 0.25) is 0 Å². The van der Waals surface area contributed by atoms with Crippen molar-refractivity contribution in [2.45, 2.75) is 89.9 Å². The molecule has 2 N–H and O–H groups in total. The number of carbonyl (C=O) groups excluding carboxylic acids is 1. The van der Waals surface area contributed by atoms with Gasteiger partial charge in [0.15, 0.2) is 0 Å². The molecule has 1 aliphatic carbocycles. The van der Waals surface area contributed by atoms with Gasteiger partial charge in [-0.3, -0.25) is 0 Å². The van der Waals surface area contributed by atoms with E-state index in [1.165, 1.54) is 0 Å². The van der Waals surface area contributed by atoms with E-state index in [4.69, 9.17) is 9.47 Å². The Morgan fingerprint density at radius 2 is 1.77 bits per heavy atom. The molecule has 1 aliphatic rings. The highest BCUT2D eigenvalue weighted by Crippen LogP contribution is 2.20. The van der Waals surface area contributed by atoms with E-state index in [2.05, 4.69) is 17.6 Å². The Kier molecular flexibility index (Phi) is 8.18. The summed E-state index contributed by atoms with van der Waals surface area (Å²) in [6, 6.07) is 1.21. The van der Waals surface area contributed by atoms with Crippen molar-refractivity contribution in [3.05, 3.63) is 0 Å². The van der Waals surface area contributed by atoms with Crippen molar-refractivity contribution < 1.29 is 14.3 Å². The standard InChI is InChI=1S/C17H34N2O3/c1-6-7-15(12-21-5)18-13-8-10-14(11-9-13)19-16(20)22-17(2,3)4/h13-15,18H,6-12H2,1-5H3,(H,19,20). The molecule has 0 aromatic rings. The first-order chi connectivity index (χ1) is 10.3. The van der Waals surface area contributed by atoms with Crippen molar-refractivity contribution in [3.63, 3.8) is 0 Å². The van der Waals surface area contributed by atoms with E-state index in [9.17, 15) is 4.79 Å². The lowest BCUT2D eigenvalue weighted by molar-refractivity contribution is 0.0488. The molecule has 0 aromatic carbocycles. The zero-order valence-electron chi connectivity index (χ0n) is 14.9. The van der Waals surface area contributed by atoms with Gasteiger partial charge in [-0.05, 0) is 52.9 Å². The molecule has 0 bridgehead atoms. The highest BCUT2D eigenvalue weighted by molar-refractivity contribution is 5.68. The average Bonchev–Trinajstić information content (AvgIpc) is 2.39. The second-order valence-electron chi connectivity index (χ2n) is 7.30. The maximum Gasteiger partial charge on any atom is 0.407 e. The summed E-state index contributed by atoms with van der Waals surface area (Å²) < 4.78 is 10.6. The summed E-state index contributed by atoms with van der Waals surface area (Å²) in [6.45, 7) is 8.63. The van der Waals surface area contributed by atoms with E-state index in [1.807, 2.05) is 20.8 Å². The number of ether oxygens (including phenoxy) is 2. The normalized spacial score (nSPS) is 23.9. The van der Waals surface area contributed by atoms with Gasteiger partial charge < -0.3 is 20.1 Å². The van der Waals surface area contributed by atoms with Crippen molar-refractivity contribution in [2.24, 2.45) is 0 Å². The molecule has 1 atom stereocenters. The Morgan fingerprint density at radius 1 is 1.18 bits per heavy atom. The fourth-order valence-corrected chi connectivity index (χ4v) is 2.98. The van der Waals surface area contributed by atoms with Crippen molar-refractivity contribution in [2.75, 3.05) is 13.7 Å². The summed E-state index contributed by atoms with van der Waals surface area (Å²) in [5, 5.41) is 6.69. The first kappa shape index (κ1) is 19.2. The van der Waals surface area contributed by atoms with Gasteiger partial charge in [0, 0.05) is 25.2 Å². The Labute approximate surface area is 135 Å². The third kappa shape index (κ3) is 7.99. The molecule has 1 unspecified atom stereocenters. The third-order valence-electron chi connectivity index (χ3n) is 3.92. The van der Waals surface area contributed by atoms with Gasteiger partial charge in [-0.15, -0.1) is 0 Å². The van der Waals surface area contributed by atoms with Gasteiger partial charge in [0.1, 0.15) is 5.60 Å². The Hall–Kier alpha value is -0.810. The van der Waals surface area contributed by atoms with E-state index < -0.39 is 5.60 Å². The van der Waals surface area contributed by atoms with Crippen LogP contribution in [0.3, 0.4) is 0 Å². The second-order valence-corrected chi connectivity index (χ2v) is 7.30. The summed E-state index contributed by atoms with van der Waals surface area (Å²) in [5.41, 5.74) is -0.434. The van der Waals surface area contributed by atoms with Gasteiger partial charge in [0.05, 0.1) is 6.61 Å². The van der Waals surface area contributed by atoms with Gasteiger partial charge in [0.2, 0.25) is 0 Å². The van der Waals surface area contributed by atoms with Crippen LogP contribution in [0.25, 0.3) is 0 Å². The highest BCUT2D eigenvalue weighted by atomic mass is 16.6. The molecular weight excluding hydrogens is 280 g/mol. The number of carbonyl (C=O) groups is 1. The fraction of sp³-hybridized carbons (Fsp3) is 0.941. The van der Waals surface area contributed by atoms with Crippen LogP contribution in [0.15, 0.2) is 0 Å². The maximum absolute atomic E-state index is 11.8. The number of methoxy groups -OCH3 is 1. The largest absolute Gasteiger partial charge is 0.444 e. The summed E-state index contributed by atoms with van der Waals surface area (Å²) in [6.07, 6.45) is 6.19. The summed E-state index contributed by atoms with van der Waals surface area (Å²) in [7, 11) is 1.76. The third-order valence-corrected chi connectivity index (χ3v) is 3.92. The molecule has 130 valence electrons. The number of alkyl carbamates (subject to hydrolysis) is 1. The van der Waals surface area contributed by atoms with Gasteiger partial charge in [0.25, 0.3) is 0 Å². The fourth-order valence-electron chi connectivity index (χ4n) is 2.98. The minimum absolute atomic E-state index is 0.236. The molecule has 0 saturated heterocycles. The first-order valence-corrected chi connectivity index (χ1v) is 8.58. The molecule has 0 aliphatic heterocycles. The van der Waals surface area contributed by atoms with Crippen LogP contribution < -0.4 is 10.6 Å². The minimum atomic E-state index is -0.434. The quantitative estimate of drug-likeness (QED) is 0.757. The number of hydrogen-bond acceptors (Lipinski definition) is 4. The van der Waals surface area contributed by atoms with E-state index in [1.54, 1.807) is 7.11 Å². The van der Waals surface area contributed by atoms with Gasteiger partial charge in [-0.1, -0.05) is 13.3 Å². The maximum atomic E-state index is 11.8. The van der Waals surface area contributed by atoms with E-state index in [-0.39, 0.29) is 12.1 Å². The Balaban J connectivity index is 2.29. The predicted octanol–water partition coefficient (Wildman–Crippen LogP) is 3.23. The van der Waals surface area contributed by atoms with E-state index >= 15 is 0 Å². The molecule has 0 spiro atoms.